The first-order chi connectivity index (χ1) is 8.14. The minimum atomic E-state index is -0.0554. The zero-order valence-electron chi connectivity index (χ0n) is 11.1. The van der Waals surface area contributed by atoms with Crippen LogP contribution in [0, 0.1) is 0 Å². The van der Waals surface area contributed by atoms with E-state index in [1.165, 1.54) is 11.1 Å². The lowest BCUT2D eigenvalue weighted by molar-refractivity contribution is 0.0282. The fourth-order valence-electron chi connectivity index (χ4n) is 2.67. The fourth-order valence-corrected chi connectivity index (χ4v) is 2.67. The van der Waals surface area contributed by atoms with Crippen LogP contribution in [-0.2, 0) is 6.42 Å². The predicted octanol–water partition coefficient (Wildman–Crippen LogP) is 3.59. The molecule has 2 rings (SSSR count). The topological polar surface area (TPSA) is 35.2 Å². The highest BCUT2D eigenvalue weighted by Crippen LogP contribution is 2.41. The number of rotatable bonds is 3. The Morgan fingerprint density at radius 3 is 2.59 bits per heavy atom. The highest BCUT2D eigenvalue weighted by Gasteiger charge is 2.36. The second kappa shape index (κ2) is 4.69. The highest BCUT2D eigenvalue weighted by molar-refractivity contribution is 5.41. The van der Waals surface area contributed by atoms with Crippen LogP contribution in [0.5, 0.6) is 5.75 Å². The van der Waals surface area contributed by atoms with Crippen molar-refractivity contribution in [1.29, 1.82) is 0 Å². The molecule has 0 aliphatic carbocycles. The summed E-state index contributed by atoms with van der Waals surface area (Å²) in [4.78, 5) is 0. The first-order valence-corrected chi connectivity index (χ1v) is 6.71. The first kappa shape index (κ1) is 12.4. The van der Waals surface area contributed by atoms with E-state index in [4.69, 9.17) is 10.5 Å². The van der Waals surface area contributed by atoms with Crippen LogP contribution in [-0.4, -0.2) is 5.60 Å². The third kappa shape index (κ3) is 2.19. The largest absolute Gasteiger partial charge is 0.487 e. The monoisotopic (exact) mass is 233 g/mol. The van der Waals surface area contributed by atoms with E-state index in [-0.39, 0.29) is 11.6 Å². The molecule has 17 heavy (non-hydrogen) atoms. The van der Waals surface area contributed by atoms with E-state index < -0.39 is 0 Å². The van der Waals surface area contributed by atoms with Crippen LogP contribution in [0.2, 0.25) is 0 Å². The van der Waals surface area contributed by atoms with Crippen molar-refractivity contribution in [2.75, 3.05) is 0 Å². The van der Waals surface area contributed by atoms with Gasteiger partial charge in [0.25, 0.3) is 0 Å². The Bertz CT molecular complexity index is 396. The number of ether oxygens (including phenoxy) is 1. The SMILES string of the molecule is CCc1ccc2c(c1)C(N)CC(CC)(CC)O2. The number of benzene rings is 1. The standard InChI is InChI=1S/C15H23NO/c1-4-11-7-8-14-12(9-11)13(16)10-15(5-2,6-3)17-14/h7-9,13H,4-6,10,16H2,1-3H3. The molecular formula is C15H23NO. The summed E-state index contributed by atoms with van der Waals surface area (Å²) in [5.74, 6) is 0.990. The molecular weight excluding hydrogens is 210 g/mol. The van der Waals surface area contributed by atoms with E-state index in [9.17, 15) is 0 Å². The molecule has 0 fully saturated rings. The Kier molecular flexibility index (Phi) is 3.43. The van der Waals surface area contributed by atoms with Crippen LogP contribution in [0.4, 0.5) is 0 Å². The lowest BCUT2D eigenvalue weighted by Gasteiger charge is -2.40. The molecule has 1 heterocycles. The lowest BCUT2D eigenvalue weighted by atomic mass is 9.83. The summed E-state index contributed by atoms with van der Waals surface area (Å²) in [7, 11) is 0. The molecule has 0 saturated heterocycles. The summed E-state index contributed by atoms with van der Waals surface area (Å²) >= 11 is 0. The molecule has 0 spiro atoms. The van der Waals surface area contributed by atoms with Gasteiger partial charge in [0.1, 0.15) is 11.4 Å². The van der Waals surface area contributed by atoms with Gasteiger partial charge in [0.05, 0.1) is 0 Å². The van der Waals surface area contributed by atoms with E-state index in [1.807, 2.05) is 0 Å². The van der Waals surface area contributed by atoms with Gasteiger partial charge >= 0.3 is 0 Å². The molecule has 1 aromatic carbocycles. The predicted molar refractivity (Wildman–Crippen MR) is 71.3 cm³/mol. The maximum atomic E-state index is 6.32. The Balaban J connectivity index is 2.37. The quantitative estimate of drug-likeness (QED) is 0.866. The lowest BCUT2D eigenvalue weighted by Crippen LogP contribution is -2.42. The van der Waals surface area contributed by atoms with E-state index in [0.717, 1.165) is 31.4 Å². The average molecular weight is 233 g/mol. The van der Waals surface area contributed by atoms with Gasteiger partial charge in [-0.1, -0.05) is 32.9 Å². The van der Waals surface area contributed by atoms with Crippen molar-refractivity contribution in [3.63, 3.8) is 0 Å². The molecule has 2 heteroatoms. The van der Waals surface area contributed by atoms with Crippen molar-refractivity contribution in [1.82, 2.24) is 0 Å². The molecule has 1 aliphatic heterocycles. The van der Waals surface area contributed by atoms with Gasteiger partial charge in [-0.05, 0) is 30.9 Å². The van der Waals surface area contributed by atoms with Gasteiger partial charge in [-0.3, -0.25) is 0 Å². The van der Waals surface area contributed by atoms with Gasteiger partial charge < -0.3 is 10.5 Å². The first-order valence-electron chi connectivity index (χ1n) is 6.71. The summed E-state index contributed by atoms with van der Waals surface area (Å²) in [5.41, 5.74) is 8.78. The van der Waals surface area contributed by atoms with Crippen LogP contribution in [0.15, 0.2) is 18.2 Å². The van der Waals surface area contributed by atoms with E-state index in [1.54, 1.807) is 0 Å². The van der Waals surface area contributed by atoms with Gasteiger partial charge in [0, 0.05) is 18.0 Å². The van der Waals surface area contributed by atoms with Crippen LogP contribution in [0.1, 0.15) is 57.2 Å². The summed E-state index contributed by atoms with van der Waals surface area (Å²) in [6, 6.07) is 6.56. The minimum absolute atomic E-state index is 0.0554. The third-order valence-corrected chi connectivity index (χ3v) is 4.09. The summed E-state index contributed by atoms with van der Waals surface area (Å²) in [5, 5.41) is 0. The van der Waals surface area contributed by atoms with Crippen molar-refractivity contribution >= 4 is 0 Å². The molecule has 1 atom stereocenters. The van der Waals surface area contributed by atoms with Crippen molar-refractivity contribution < 1.29 is 4.74 Å². The zero-order valence-corrected chi connectivity index (χ0v) is 11.1. The Hall–Kier alpha value is -1.02. The molecule has 94 valence electrons. The van der Waals surface area contributed by atoms with Gasteiger partial charge in [0.2, 0.25) is 0 Å². The number of aryl methyl sites for hydroxylation is 1. The maximum absolute atomic E-state index is 6.32. The maximum Gasteiger partial charge on any atom is 0.124 e. The number of nitrogens with two attached hydrogens (primary N) is 1. The molecule has 2 N–H and O–H groups in total. The van der Waals surface area contributed by atoms with Gasteiger partial charge in [-0.2, -0.15) is 0 Å². The Morgan fingerprint density at radius 1 is 1.29 bits per heavy atom. The highest BCUT2D eigenvalue weighted by atomic mass is 16.5. The van der Waals surface area contributed by atoms with Crippen molar-refractivity contribution in [3.05, 3.63) is 29.3 Å². The van der Waals surface area contributed by atoms with Crippen LogP contribution in [0.25, 0.3) is 0 Å². The van der Waals surface area contributed by atoms with Crippen molar-refractivity contribution in [2.24, 2.45) is 5.73 Å². The van der Waals surface area contributed by atoms with Crippen LogP contribution >= 0.6 is 0 Å². The van der Waals surface area contributed by atoms with E-state index in [2.05, 4.69) is 39.0 Å². The second-order valence-corrected chi connectivity index (χ2v) is 5.03. The van der Waals surface area contributed by atoms with Crippen molar-refractivity contribution in [3.8, 4) is 5.75 Å². The Morgan fingerprint density at radius 2 is 2.00 bits per heavy atom. The Labute approximate surface area is 104 Å². The van der Waals surface area contributed by atoms with E-state index >= 15 is 0 Å². The summed E-state index contributed by atoms with van der Waals surface area (Å²) < 4.78 is 6.21. The molecule has 1 aromatic rings. The number of hydrogen-bond acceptors (Lipinski definition) is 2. The summed E-state index contributed by atoms with van der Waals surface area (Å²) in [6.45, 7) is 6.53. The molecule has 0 aromatic heterocycles. The number of fused-ring (bicyclic) bond motifs is 1. The molecule has 0 saturated carbocycles. The molecule has 2 nitrogen and oxygen atoms in total. The van der Waals surface area contributed by atoms with Gasteiger partial charge in [-0.15, -0.1) is 0 Å². The van der Waals surface area contributed by atoms with Crippen LogP contribution in [0.3, 0.4) is 0 Å². The third-order valence-electron chi connectivity index (χ3n) is 4.09. The van der Waals surface area contributed by atoms with E-state index in [0.29, 0.717) is 0 Å². The van der Waals surface area contributed by atoms with Crippen LogP contribution < -0.4 is 10.5 Å². The normalized spacial score (nSPS) is 21.8. The van der Waals surface area contributed by atoms with Crippen molar-refractivity contribution in [2.45, 2.75) is 58.1 Å². The zero-order chi connectivity index (χ0) is 12.5. The second-order valence-electron chi connectivity index (χ2n) is 5.03. The summed E-state index contributed by atoms with van der Waals surface area (Å²) in [6.07, 6.45) is 4.02. The molecule has 0 bridgehead atoms. The fraction of sp³-hybridized carbons (Fsp3) is 0.600. The molecule has 0 amide bonds. The van der Waals surface area contributed by atoms with Gasteiger partial charge in [-0.25, -0.2) is 0 Å². The average Bonchev–Trinajstić information content (AvgIpc) is 2.38. The smallest absolute Gasteiger partial charge is 0.124 e. The number of hydrogen-bond donors (Lipinski definition) is 1. The molecule has 0 radical (unpaired) electrons. The minimum Gasteiger partial charge on any atom is -0.487 e. The molecule has 1 aliphatic rings. The molecule has 1 unspecified atom stereocenters. The van der Waals surface area contributed by atoms with Gasteiger partial charge in [0.15, 0.2) is 0 Å².